The summed E-state index contributed by atoms with van der Waals surface area (Å²) in [7, 11) is 0. The zero-order chi connectivity index (χ0) is 11.3. The Kier molecular flexibility index (Phi) is 5.05. The fraction of sp³-hybridized carbons (Fsp3) is 0.909. The zero-order valence-corrected chi connectivity index (χ0v) is 9.61. The van der Waals surface area contributed by atoms with Gasteiger partial charge in [-0.25, -0.2) is 0 Å². The third-order valence-electron chi connectivity index (χ3n) is 2.69. The van der Waals surface area contributed by atoms with Crippen molar-refractivity contribution in [2.75, 3.05) is 26.2 Å². The van der Waals surface area contributed by atoms with Crippen molar-refractivity contribution < 1.29 is 14.6 Å². The number of aliphatic carboxylic acids is 1. The third-order valence-corrected chi connectivity index (χ3v) is 2.69. The van der Waals surface area contributed by atoms with E-state index < -0.39 is 5.97 Å². The van der Waals surface area contributed by atoms with Crippen LogP contribution >= 0.6 is 0 Å². The van der Waals surface area contributed by atoms with Crippen LogP contribution in [0.25, 0.3) is 0 Å². The molecule has 1 atom stereocenters. The highest BCUT2D eigenvalue weighted by atomic mass is 16.5. The average molecular weight is 215 g/mol. The van der Waals surface area contributed by atoms with Crippen LogP contribution in [0.4, 0.5) is 0 Å². The van der Waals surface area contributed by atoms with Gasteiger partial charge in [-0.1, -0.05) is 0 Å². The van der Waals surface area contributed by atoms with Crippen LogP contribution in [0.15, 0.2) is 0 Å². The molecule has 0 aliphatic carbocycles. The molecule has 0 amide bonds. The SMILES string of the molecule is CC(C)OCCCN1CCC(C(=O)O)C1. The van der Waals surface area contributed by atoms with Crippen LogP contribution in [-0.2, 0) is 9.53 Å². The topological polar surface area (TPSA) is 49.8 Å². The van der Waals surface area contributed by atoms with Crippen molar-refractivity contribution in [3.63, 3.8) is 0 Å². The monoisotopic (exact) mass is 215 g/mol. The van der Waals surface area contributed by atoms with Crippen molar-refractivity contribution in [1.29, 1.82) is 0 Å². The summed E-state index contributed by atoms with van der Waals surface area (Å²) in [5, 5.41) is 8.82. The van der Waals surface area contributed by atoms with Crippen molar-refractivity contribution in [2.45, 2.75) is 32.8 Å². The van der Waals surface area contributed by atoms with Gasteiger partial charge in [-0.15, -0.1) is 0 Å². The molecule has 1 fully saturated rings. The third kappa shape index (κ3) is 4.62. The van der Waals surface area contributed by atoms with Crippen LogP contribution in [0.3, 0.4) is 0 Å². The summed E-state index contributed by atoms with van der Waals surface area (Å²) in [5.41, 5.74) is 0. The van der Waals surface area contributed by atoms with Gasteiger partial charge in [-0.2, -0.15) is 0 Å². The second kappa shape index (κ2) is 6.08. The first kappa shape index (κ1) is 12.5. The number of ether oxygens (including phenoxy) is 1. The van der Waals surface area contributed by atoms with Gasteiger partial charge < -0.3 is 14.7 Å². The van der Waals surface area contributed by atoms with Crippen LogP contribution in [0.1, 0.15) is 26.7 Å². The molecule has 88 valence electrons. The molecule has 0 saturated carbocycles. The Bertz CT molecular complexity index is 206. The zero-order valence-electron chi connectivity index (χ0n) is 9.61. The molecule has 4 nitrogen and oxygen atoms in total. The van der Waals surface area contributed by atoms with Crippen molar-refractivity contribution in [3.8, 4) is 0 Å². The van der Waals surface area contributed by atoms with E-state index in [-0.39, 0.29) is 12.0 Å². The van der Waals surface area contributed by atoms with E-state index in [9.17, 15) is 4.79 Å². The van der Waals surface area contributed by atoms with Crippen LogP contribution in [0.2, 0.25) is 0 Å². The molecule has 0 aromatic carbocycles. The lowest BCUT2D eigenvalue weighted by Crippen LogP contribution is -2.25. The molecule has 1 heterocycles. The molecule has 0 aromatic heterocycles. The lowest BCUT2D eigenvalue weighted by atomic mass is 10.1. The lowest BCUT2D eigenvalue weighted by molar-refractivity contribution is -0.141. The molecule has 0 radical (unpaired) electrons. The maximum absolute atomic E-state index is 10.7. The predicted molar refractivity (Wildman–Crippen MR) is 57.9 cm³/mol. The first-order chi connectivity index (χ1) is 7.09. The van der Waals surface area contributed by atoms with Gasteiger partial charge >= 0.3 is 5.97 Å². The van der Waals surface area contributed by atoms with Crippen LogP contribution in [0, 0.1) is 5.92 Å². The molecule has 1 saturated heterocycles. The minimum Gasteiger partial charge on any atom is -0.481 e. The fourth-order valence-electron chi connectivity index (χ4n) is 1.84. The number of likely N-dealkylation sites (tertiary alicyclic amines) is 1. The van der Waals surface area contributed by atoms with E-state index in [2.05, 4.69) is 4.90 Å². The van der Waals surface area contributed by atoms with Crippen LogP contribution in [-0.4, -0.2) is 48.3 Å². The van der Waals surface area contributed by atoms with E-state index in [1.165, 1.54) is 0 Å². The van der Waals surface area contributed by atoms with Gasteiger partial charge in [0.2, 0.25) is 0 Å². The highest BCUT2D eigenvalue weighted by Crippen LogP contribution is 2.16. The van der Waals surface area contributed by atoms with Gasteiger partial charge in [0.25, 0.3) is 0 Å². The van der Waals surface area contributed by atoms with Crippen molar-refractivity contribution in [1.82, 2.24) is 4.90 Å². The Morgan fingerprint density at radius 2 is 2.33 bits per heavy atom. The molecule has 0 bridgehead atoms. The molecule has 1 aliphatic rings. The molecule has 0 aromatic rings. The van der Waals surface area contributed by atoms with Gasteiger partial charge in [0, 0.05) is 19.7 Å². The minimum atomic E-state index is -0.657. The standard InChI is InChI=1S/C11H21NO3/c1-9(2)15-7-3-5-12-6-4-10(8-12)11(13)14/h9-10H,3-8H2,1-2H3,(H,13,14). The summed E-state index contributed by atoms with van der Waals surface area (Å²) in [6.45, 7) is 7.39. The Labute approximate surface area is 91.2 Å². The summed E-state index contributed by atoms with van der Waals surface area (Å²) in [6.07, 6.45) is 2.07. The van der Waals surface area contributed by atoms with E-state index in [0.717, 1.165) is 32.5 Å². The van der Waals surface area contributed by atoms with E-state index in [1.54, 1.807) is 0 Å². The number of nitrogens with zero attached hydrogens (tertiary/aromatic N) is 1. The molecular formula is C11H21NO3. The molecule has 1 aliphatic heterocycles. The van der Waals surface area contributed by atoms with Crippen molar-refractivity contribution in [3.05, 3.63) is 0 Å². The molecule has 1 rings (SSSR count). The second-order valence-electron chi connectivity index (χ2n) is 4.40. The molecule has 1 N–H and O–H groups in total. The van der Waals surface area contributed by atoms with E-state index in [1.807, 2.05) is 13.8 Å². The Morgan fingerprint density at radius 3 is 2.87 bits per heavy atom. The summed E-state index contributed by atoms with van der Waals surface area (Å²) < 4.78 is 5.43. The summed E-state index contributed by atoms with van der Waals surface area (Å²) in [4.78, 5) is 12.9. The van der Waals surface area contributed by atoms with Gasteiger partial charge in [0.05, 0.1) is 12.0 Å². The molecule has 1 unspecified atom stereocenters. The molecule has 4 heteroatoms. The fourth-order valence-corrected chi connectivity index (χ4v) is 1.84. The van der Waals surface area contributed by atoms with Gasteiger partial charge in [0.1, 0.15) is 0 Å². The smallest absolute Gasteiger partial charge is 0.307 e. The quantitative estimate of drug-likeness (QED) is 0.677. The number of carboxylic acid groups (broad SMARTS) is 1. The van der Waals surface area contributed by atoms with E-state index in [0.29, 0.717) is 6.54 Å². The summed E-state index contributed by atoms with van der Waals surface area (Å²) >= 11 is 0. The average Bonchev–Trinajstić information content (AvgIpc) is 2.60. The number of rotatable bonds is 6. The Balaban J connectivity index is 2.06. The van der Waals surface area contributed by atoms with Crippen LogP contribution < -0.4 is 0 Å². The number of hydrogen-bond acceptors (Lipinski definition) is 3. The largest absolute Gasteiger partial charge is 0.481 e. The van der Waals surface area contributed by atoms with Crippen molar-refractivity contribution in [2.24, 2.45) is 5.92 Å². The second-order valence-corrected chi connectivity index (χ2v) is 4.40. The highest BCUT2D eigenvalue weighted by molar-refractivity contribution is 5.70. The normalized spacial score (nSPS) is 22.5. The maximum Gasteiger partial charge on any atom is 0.307 e. The molecule has 15 heavy (non-hydrogen) atoms. The molecular weight excluding hydrogens is 194 g/mol. The van der Waals surface area contributed by atoms with E-state index >= 15 is 0 Å². The number of carboxylic acids is 1. The first-order valence-corrected chi connectivity index (χ1v) is 5.66. The molecule has 0 spiro atoms. The van der Waals surface area contributed by atoms with Gasteiger partial charge in [-0.3, -0.25) is 4.79 Å². The highest BCUT2D eigenvalue weighted by Gasteiger charge is 2.27. The summed E-state index contributed by atoms with van der Waals surface area (Å²) in [5.74, 6) is -0.813. The van der Waals surface area contributed by atoms with E-state index in [4.69, 9.17) is 9.84 Å². The maximum atomic E-state index is 10.7. The van der Waals surface area contributed by atoms with Gasteiger partial charge in [0.15, 0.2) is 0 Å². The predicted octanol–water partition coefficient (Wildman–Crippen LogP) is 1.21. The Morgan fingerprint density at radius 1 is 1.60 bits per heavy atom. The minimum absolute atomic E-state index is 0.156. The Hall–Kier alpha value is -0.610. The number of hydrogen-bond donors (Lipinski definition) is 1. The van der Waals surface area contributed by atoms with Gasteiger partial charge in [-0.05, 0) is 33.2 Å². The number of carbonyl (C=O) groups is 1. The lowest BCUT2D eigenvalue weighted by Gasteiger charge is -2.15. The van der Waals surface area contributed by atoms with Crippen molar-refractivity contribution >= 4 is 5.97 Å². The van der Waals surface area contributed by atoms with Crippen LogP contribution in [0.5, 0.6) is 0 Å². The summed E-state index contributed by atoms with van der Waals surface area (Å²) in [6, 6.07) is 0. The first-order valence-electron chi connectivity index (χ1n) is 5.66.